The Labute approximate surface area is 227 Å². The highest BCUT2D eigenvalue weighted by molar-refractivity contribution is 7.92. The summed E-state index contributed by atoms with van der Waals surface area (Å²) in [5.41, 5.74) is 2.91. The van der Waals surface area contributed by atoms with Crippen LogP contribution in [0.15, 0.2) is 95.9 Å². The van der Waals surface area contributed by atoms with Crippen LogP contribution in [0.2, 0.25) is 5.02 Å². The fraction of sp³-hybridized carbons (Fsp3) is 0.138. The molecule has 7 nitrogen and oxygen atoms in total. The van der Waals surface area contributed by atoms with Crippen LogP contribution >= 0.6 is 11.6 Å². The van der Waals surface area contributed by atoms with Gasteiger partial charge in [-0.3, -0.25) is 9.10 Å². The Hall–Kier alpha value is -4.01. The van der Waals surface area contributed by atoms with Gasteiger partial charge < -0.3 is 14.8 Å². The minimum absolute atomic E-state index is 0.0516. The molecule has 196 valence electrons. The number of amides is 1. The highest BCUT2D eigenvalue weighted by atomic mass is 35.5. The van der Waals surface area contributed by atoms with Crippen LogP contribution in [0.3, 0.4) is 0 Å². The number of methoxy groups -OCH3 is 2. The van der Waals surface area contributed by atoms with Gasteiger partial charge in [0.05, 0.1) is 31.3 Å². The van der Waals surface area contributed by atoms with Gasteiger partial charge in [0.1, 0.15) is 0 Å². The number of nitrogens with one attached hydrogen (secondary N) is 1. The molecule has 0 aliphatic carbocycles. The first-order valence-electron chi connectivity index (χ1n) is 11.7. The van der Waals surface area contributed by atoms with E-state index >= 15 is 0 Å². The number of carbonyl (C=O) groups excluding carboxylic acids is 1. The molecule has 1 amide bonds. The van der Waals surface area contributed by atoms with Crippen LogP contribution in [0.5, 0.6) is 11.5 Å². The zero-order chi connectivity index (χ0) is 27.3. The molecule has 0 aliphatic rings. The zero-order valence-corrected chi connectivity index (χ0v) is 22.7. The Balaban J connectivity index is 1.60. The summed E-state index contributed by atoms with van der Waals surface area (Å²) in [7, 11) is -0.836. The minimum Gasteiger partial charge on any atom is -0.493 e. The standard InChI is InChI=1S/C29H27ClN2O5S/c1-20-9-14-23(30)17-26(20)32(38(34,35)25-7-5-4-6-8-25)19-21-10-12-22(13-11-21)29(33)31-24-15-16-27(36-2)28(18-24)37-3/h4-18H,19H2,1-3H3,(H,31,33). The molecule has 0 aliphatic heterocycles. The minimum atomic E-state index is -3.90. The van der Waals surface area contributed by atoms with Crippen LogP contribution in [0.1, 0.15) is 21.5 Å². The molecular formula is C29H27ClN2O5S. The lowest BCUT2D eigenvalue weighted by Crippen LogP contribution is -2.31. The molecule has 0 heterocycles. The summed E-state index contributed by atoms with van der Waals surface area (Å²) < 4.78 is 39.2. The molecule has 38 heavy (non-hydrogen) atoms. The lowest BCUT2D eigenvalue weighted by Gasteiger charge is -2.26. The molecule has 4 aromatic rings. The van der Waals surface area contributed by atoms with Crippen LogP contribution < -0.4 is 19.1 Å². The fourth-order valence-corrected chi connectivity index (χ4v) is 5.61. The highest BCUT2D eigenvalue weighted by Crippen LogP contribution is 2.32. The van der Waals surface area contributed by atoms with Crippen LogP contribution in [-0.4, -0.2) is 28.5 Å². The fourth-order valence-electron chi connectivity index (χ4n) is 3.92. The van der Waals surface area contributed by atoms with E-state index in [1.807, 2.05) is 6.92 Å². The number of hydrogen-bond acceptors (Lipinski definition) is 5. The molecule has 4 rings (SSSR count). The number of rotatable bonds is 9. The molecule has 0 radical (unpaired) electrons. The SMILES string of the molecule is COc1ccc(NC(=O)c2ccc(CN(c3cc(Cl)ccc3C)S(=O)(=O)c3ccccc3)cc2)cc1OC. The summed E-state index contributed by atoms with van der Waals surface area (Å²) in [6, 6.07) is 25.3. The average molecular weight is 551 g/mol. The van der Waals surface area contributed by atoms with Crippen molar-refractivity contribution in [2.75, 3.05) is 23.8 Å². The van der Waals surface area contributed by atoms with Crippen LogP contribution in [0.25, 0.3) is 0 Å². The van der Waals surface area contributed by atoms with Gasteiger partial charge in [-0.05, 0) is 66.6 Å². The summed E-state index contributed by atoms with van der Waals surface area (Å²) >= 11 is 6.24. The predicted octanol–water partition coefficient (Wildman–Crippen LogP) is 6.31. The third-order valence-electron chi connectivity index (χ3n) is 5.95. The summed E-state index contributed by atoms with van der Waals surface area (Å²) in [5.74, 6) is 0.736. The second kappa shape index (κ2) is 11.6. The molecule has 4 aromatic carbocycles. The van der Waals surface area contributed by atoms with Crippen molar-refractivity contribution in [1.82, 2.24) is 0 Å². The molecule has 0 spiro atoms. The second-order valence-corrected chi connectivity index (χ2v) is 10.8. The molecule has 1 N–H and O–H groups in total. The number of halogens is 1. The number of carbonyl (C=O) groups is 1. The lowest BCUT2D eigenvalue weighted by molar-refractivity contribution is 0.102. The second-order valence-electron chi connectivity index (χ2n) is 8.48. The van der Waals surface area contributed by atoms with E-state index in [-0.39, 0.29) is 17.3 Å². The van der Waals surface area contributed by atoms with Crippen molar-refractivity contribution in [1.29, 1.82) is 0 Å². The van der Waals surface area contributed by atoms with Gasteiger partial charge in [-0.25, -0.2) is 8.42 Å². The molecule has 0 atom stereocenters. The molecule has 0 saturated carbocycles. The van der Waals surface area contributed by atoms with Gasteiger partial charge in [0.15, 0.2) is 11.5 Å². The Morgan fingerprint density at radius 2 is 1.55 bits per heavy atom. The first-order valence-corrected chi connectivity index (χ1v) is 13.5. The van der Waals surface area contributed by atoms with E-state index in [1.54, 1.807) is 91.0 Å². The van der Waals surface area contributed by atoms with Crippen molar-refractivity contribution in [2.24, 2.45) is 0 Å². The molecular weight excluding hydrogens is 524 g/mol. The summed E-state index contributed by atoms with van der Waals surface area (Å²) in [6.45, 7) is 1.89. The van der Waals surface area contributed by atoms with Gasteiger partial charge in [-0.1, -0.05) is 48.0 Å². The predicted molar refractivity (Wildman–Crippen MR) is 150 cm³/mol. The van der Waals surface area contributed by atoms with E-state index in [2.05, 4.69) is 5.32 Å². The van der Waals surface area contributed by atoms with Gasteiger partial charge >= 0.3 is 0 Å². The Morgan fingerprint density at radius 1 is 0.868 bits per heavy atom. The van der Waals surface area contributed by atoms with E-state index < -0.39 is 10.0 Å². The first-order chi connectivity index (χ1) is 18.2. The summed E-state index contributed by atoms with van der Waals surface area (Å²) in [5, 5.41) is 3.27. The van der Waals surface area contributed by atoms with Gasteiger partial charge in [0.25, 0.3) is 15.9 Å². The Bertz CT molecular complexity index is 1540. The lowest BCUT2D eigenvalue weighted by atomic mass is 10.1. The van der Waals surface area contributed by atoms with Crippen LogP contribution in [0, 0.1) is 6.92 Å². The maximum atomic E-state index is 13.7. The van der Waals surface area contributed by atoms with E-state index in [4.69, 9.17) is 21.1 Å². The van der Waals surface area contributed by atoms with Gasteiger partial charge in [0.2, 0.25) is 0 Å². The molecule has 0 fully saturated rings. The van der Waals surface area contributed by atoms with Crippen LogP contribution in [0.4, 0.5) is 11.4 Å². The molecule has 0 unspecified atom stereocenters. The zero-order valence-electron chi connectivity index (χ0n) is 21.1. The van der Waals surface area contributed by atoms with Crippen LogP contribution in [-0.2, 0) is 16.6 Å². The molecule has 0 aromatic heterocycles. The Kier molecular flexibility index (Phi) is 8.24. The van der Waals surface area contributed by atoms with Crippen molar-refractivity contribution in [3.63, 3.8) is 0 Å². The highest BCUT2D eigenvalue weighted by Gasteiger charge is 2.26. The maximum absolute atomic E-state index is 13.7. The van der Waals surface area contributed by atoms with Crippen molar-refractivity contribution < 1.29 is 22.7 Å². The first kappa shape index (κ1) is 27.0. The smallest absolute Gasteiger partial charge is 0.264 e. The maximum Gasteiger partial charge on any atom is 0.264 e. The third kappa shape index (κ3) is 5.93. The number of hydrogen-bond donors (Lipinski definition) is 1. The normalized spacial score (nSPS) is 11.1. The number of sulfonamides is 1. The van der Waals surface area contributed by atoms with E-state index in [1.165, 1.54) is 18.5 Å². The quantitative estimate of drug-likeness (QED) is 0.264. The van der Waals surface area contributed by atoms with Gasteiger partial charge in [-0.15, -0.1) is 0 Å². The van der Waals surface area contributed by atoms with Gasteiger partial charge in [-0.2, -0.15) is 0 Å². The van der Waals surface area contributed by atoms with Gasteiger partial charge in [0, 0.05) is 22.3 Å². The van der Waals surface area contributed by atoms with Crippen molar-refractivity contribution >= 4 is 38.9 Å². The number of anilines is 2. The van der Waals surface area contributed by atoms with Crippen molar-refractivity contribution in [3.8, 4) is 11.5 Å². The molecule has 0 bridgehead atoms. The van der Waals surface area contributed by atoms with E-state index in [0.29, 0.717) is 39.0 Å². The van der Waals surface area contributed by atoms with E-state index in [9.17, 15) is 13.2 Å². The monoisotopic (exact) mass is 550 g/mol. The van der Waals surface area contributed by atoms with E-state index in [0.717, 1.165) is 5.56 Å². The van der Waals surface area contributed by atoms with Crippen molar-refractivity contribution in [2.45, 2.75) is 18.4 Å². The number of aryl methyl sites for hydroxylation is 1. The Morgan fingerprint density at radius 3 is 2.21 bits per heavy atom. The average Bonchev–Trinajstić information content (AvgIpc) is 2.93. The molecule has 9 heteroatoms. The number of ether oxygens (including phenoxy) is 2. The third-order valence-corrected chi connectivity index (χ3v) is 7.96. The number of nitrogens with zero attached hydrogens (tertiary/aromatic N) is 1. The number of benzene rings is 4. The molecule has 0 saturated heterocycles. The topological polar surface area (TPSA) is 84.9 Å². The largest absolute Gasteiger partial charge is 0.493 e. The summed E-state index contributed by atoms with van der Waals surface area (Å²) in [4.78, 5) is 13.0. The van der Waals surface area contributed by atoms with Crippen molar-refractivity contribution in [3.05, 3.63) is 113 Å². The summed E-state index contributed by atoms with van der Waals surface area (Å²) in [6.07, 6.45) is 0.